The minimum atomic E-state index is 0.759. The predicted molar refractivity (Wildman–Crippen MR) is 90.2 cm³/mol. The predicted octanol–water partition coefficient (Wildman–Crippen LogP) is 3.10. The van der Waals surface area contributed by atoms with E-state index in [4.69, 9.17) is 4.74 Å². The number of benzene rings is 1. The Labute approximate surface area is 134 Å². The van der Waals surface area contributed by atoms with E-state index in [1.165, 1.54) is 4.90 Å². The number of aromatic nitrogens is 2. The number of rotatable bonds is 9. The Morgan fingerprint density at radius 2 is 2.00 bits per heavy atom. The van der Waals surface area contributed by atoms with Crippen LogP contribution in [0.3, 0.4) is 0 Å². The number of nitrogens with zero attached hydrogens (tertiary/aromatic N) is 2. The van der Waals surface area contributed by atoms with Crippen molar-refractivity contribution in [3.63, 3.8) is 0 Å². The minimum Gasteiger partial charge on any atom is -0.383 e. The molecule has 1 aromatic carbocycles. The van der Waals surface area contributed by atoms with E-state index in [0.717, 1.165) is 48.1 Å². The second kappa shape index (κ2) is 9.15. The smallest absolute Gasteiger partial charge is 0.147 e. The van der Waals surface area contributed by atoms with Gasteiger partial charge in [0.15, 0.2) is 0 Å². The molecule has 1 N–H and O–H groups in total. The molecule has 0 aliphatic rings. The molecule has 0 spiro atoms. The van der Waals surface area contributed by atoms with E-state index in [1.54, 1.807) is 30.2 Å². The Hall–Kier alpha value is -0.950. The van der Waals surface area contributed by atoms with E-state index in [0.29, 0.717) is 0 Å². The zero-order valence-corrected chi connectivity index (χ0v) is 14.1. The summed E-state index contributed by atoms with van der Waals surface area (Å²) in [5.41, 5.74) is 1.15. The first kappa shape index (κ1) is 16.4. The molecule has 0 atom stereocenters. The molecule has 2 rings (SSSR count). The molecule has 21 heavy (non-hydrogen) atoms. The van der Waals surface area contributed by atoms with Crippen LogP contribution in [0.25, 0.3) is 10.6 Å². The molecule has 2 aromatic rings. The number of hydrogen-bond donors (Lipinski definition) is 1. The Bertz CT molecular complexity index is 528. The van der Waals surface area contributed by atoms with Crippen molar-refractivity contribution < 1.29 is 4.74 Å². The van der Waals surface area contributed by atoms with Crippen LogP contribution in [0.5, 0.6) is 0 Å². The molecule has 0 saturated carbocycles. The molecule has 0 aliphatic heterocycles. The van der Waals surface area contributed by atoms with Crippen LogP contribution in [0.1, 0.15) is 11.4 Å². The Morgan fingerprint density at radius 3 is 2.71 bits per heavy atom. The molecule has 6 heteroatoms. The summed E-state index contributed by atoms with van der Waals surface area (Å²) in [5.74, 6) is 0. The molecule has 0 aliphatic carbocycles. The maximum Gasteiger partial charge on any atom is 0.147 e. The summed E-state index contributed by atoms with van der Waals surface area (Å²) in [6.45, 7) is 2.65. The number of thioether (sulfide) groups is 1. The van der Waals surface area contributed by atoms with Crippen LogP contribution in [0.2, 0.25) is 0 Å². The van der Waals surface area contributed by atoms with Gasteiger partial charge in [0, 0.05) is 30.5 Å². The van der Waals surface area contributed by atoms with Gasteiger partial charge in [0.1, 0.15) is 10.0 Å². The van der Waals surface area contributed by atoms with E-state index in [2.05, 4.69) is 46.0 Å². The summed E-state index contributed by atoms with van der Waals surface area (Å²) >= 11 is 3.43. The van der Waals surface area contributed by atoms with Crippen LogP contribution < -0.4 is 5.32 Å². The summed E-state index contributed by atoms with van der Waals surface area (Å²) in [7, 11) is 1.72. The van der Waals surface area contributed by atoms with Crippen molar-refractivity contribution in [1.82, 2.24) is 15.5 Å². The fraction of sp³-hybridized carbons (Fsp3) is 0.467. The summed E-state index contributed by atoms with van der Waals surface area (Å²) < 4.78 is 4.99. The summed E-state index contributed by atoms with van der Waals surface area (Å²) in [4.78, 5) is 1.27. The maximum atomic E-state index is 4.99. The average Bonchev–Trinajstić information content (AvgIpc) is 3.00. The Morgan fingerprint density at radius 1 is 1.19 bits per heavy atom. The summed E-state index contributed by atoms with van der Waals surface area (Å²) in [6, 6.07) is 8.48. The lowest BCUT2D eigenvalue weighted by Crippen LogP contribution is -2.20. The first-order chi connectivity index (χ1) is 10.3. The molecule has 0 saturated heterocycles. The van der Waals surface area contributed by atoms with Crippen LogP contribution in [0.15, 0.2) is 29.2 Å². The third-order valence-corrected chi connectivity index (χ3v) is 4.81. The van der Waals surface area contributed by atoms with Gasteiger partial charge in [-0.1, -0.05) is 23.5 Å². The van der Waals surface area contributed by atoms with Gasteiger partial charge in [0.05, 0.1) is 6.61 Å². The van der Waals surface area contributed by atoms with Crippen molar-refractivity contribution in [3.05, 3.63) is 29.3 Å². The van der Waals surface area contributed by atoms with Gasteiger partial charge in [0.2, 0.25) is 0 Å². The minimum absolute atomic E-state index is 0.759. The second-order valence-electron chi connectivity index (χ2n) is 4.58. The largest absolute Gasteiger partial charge is 0.383 e. The molecule has 0 fully saturated rings. The monoisotopic (exact) mass is 323 g/mol. The molecule has 1 heterocycles. The number of hydrogen-bond acceptors (Lipinski definition) is 6. The Balaban J connectivity index is 1.80. The van der Waals surface area contributed by atoms with E-state index in [-0.39, 0.29) is 0 Å². The SMILES string of the molecule is COCCNCCCc1nnc(-c2ccc(SC)cc2)s1. The molecule has 0 amide bonds. The van der Waals surface area contributed by atoms with Gasteiger partial charge in [0.25, 0.3) is 0 Å². The normalized spacial score (nSPS) is 11.0. The second-order valence-corrected chi connectivity index (χ2v) is 6.52. The van der Waals surface area contributed by atoms with Crippen molar-refractivity contribution in [2.45, 2.75) is 17.7 Å². The van der Waals surface area contributed by atoms with Gasteiger partial charge in [-0.3, -0.25) is 0 Å². The van der Waals surface area contributed by atoms with Gasteiger partial charge in [-0.15, -0.1) is 22.0 Å². The molecule has 1 aromatic heterocycles. The van der Waals surface area contributed by atoms with E-state index < -0.39 is 0 Å². The fourth-order valence-corrected chi connectivity index (χ4v) is 3.16. The lowest BCUT2D eigenvalue weighted by atomic mass is 10.2. The van der Waals surface area contributed by atoms with Crippen molar-refractivity contribution in [3.8, 4) is 10.6 Å². The standard InChI is InChI=1S/C15H21N3OS2/c1-19-11-10-16-9-3-4-14-17-18-15(21-14)12-5-7-13(20-2)8-6-12/h5-8,16H,3-4,9-11H2,1-2H3. The quantitative estimate of drug-likeness (QED) is 0.567. The fourth-order valence-electron chi connectivity index (χ4n) is 1.87. The summed E-state index contributed by atoms with van der Waals surface area (Å²) in [6.07, 6.45) is 4.13. The van der Waals surface area contributed by atoms with Crippen molar-refractivity contribution in [2.24, 2.45) is 0 Å². The van der Waals surface area contributed by atoms with Crippen LogP contribution in [0.4, 0.5) is 0 Å². The maximum absolute atomic E-state index is 4.99. The molecule has 114 valence electrons. The third kappa shape index (κ3) is 5.39. The van der Waals surface area contributed by atoms with Crippen LogP contribution >= 0.6 is 23.1 Å². The highest BCUT2D eigenvalue weighted by molar-refractivity contribution is 7.98. The van der Waals surface area contributed by atoms with Gasteiger partial charge in [-0.25, -0.2) is 0 Å². The lowest BCUT2D eigenvalue weighted by molar-refractivity contribution is 0.199. The van der Waals surface area contributed by atoms with Crippen molar-refractivity contribution >= 4 is 23.1 Å². The van der Waals surface area contributed by atoms with Gasteiger partial charge in [-0.05, 0) is 31.4 Å². The van der Waals surface area contributed by atoms with Crippen LogP contribution in [0, 0.1) is 0 Å². The average molecular weight is 323 g/mol. The van der Waals surface area contributed by atoms with E-state index >= 15 is 0 Å². The molecular weight excluding hydrogens is 302 g/mol. The van der Waals surface area contributed by atoms with Gasteiger partial charge < -0.3 is 10.1 Å². The highest BCUT2D eigenvalue weighted by Crippen LogP contribution is 2.26. The van der Waals surface area contributed by atoms with E-state index in [9.17, 15) is 0 Å². The summed E-state index contributed by atoms with van der Waals surface area (Å²) in [5, 5.41) is 14.0. The number of nitrogens with one attached hydrogen (secondary N) is 1. The molecular formula is C15H21N3OS2. The van der Waals surface area contributed by atoms with Gasteiger partial charge >= 0.3 is 0 Å². The van der Waals surface area contributed by atoms with Gasteiger partial charge in [-0.2, -0.15) is 0 Å². The molecule has 0 radical (unpaired) electrons. The molecule has 0 bridgehead atoms. The zero-order valence-electron chi connectivity index (χ0n) is 12.5. The Kier molecular flexibility index (Phi) is 7.15. The highest BCUT2D eigenvalue weighted by atomic mass is 32.2. The molecule has 4 nitrogen and oxygen atoms in total. The first-order valence-electron chi connectivity index (χ1n) is 7.00. The van der Waals surface area contributed by atoms with Crippen LogP contribution in [-0.2, 0) is 11.2 Å². The topological polar surface area (TPSA) is 47.0 Å². The van der Waals surface area contributed by atoms with Crippen molar-refractivity contribution in [1.29, 1.82) is 0 Å². The third-order valence-electron chi connectivity index (χ3n) is 3.03. The zero-order chi connectivity index (χ0) is 14.9. The van der Waals surface area contributed by atoms with E-state index in [1.807, 2.05) is 0 Å². The number of methoxy groups -OCH3 is 1. The van der Waals surface area contributed by atoms with Crippen molar-refractivity contribution in [2.75, 3.05) is 33.1 Å². The van der Waals surface area contributed by atoms with Crippen LogP contribution in [-0.4, -0.2) is 43.3 Å². The number of aryl methyl sites for hydroxylation is 1. The number of ether oxygens (including phenoxy) is 1. The molecule has 0 unspecified atom stereocenters. The first-order valence-corrected chi connectivity index (χ1v) is 9.04. The highest BCUT2D eigenvalue weighted by Gasteiger charge is 2.06. The lowest BCUT2D eigenvalue weighted by Gasteiger charge is -2.01.